The first-order valence-electron chi connectivity index (χ1n) is 8.59. The van der Waals surface area contributed by atoms with Crippen LogP contribution in [-0.4, -0.2) is 47.3 Å². The Labute approximate surface area is 147 Å². The molecule has 0 rings (SSSR count). The third kappa shape index (κ3) is 9.88. The maximum absolute atomic E-state index is 12.6. The van der Waals surface area contributed by atoms with E-state index in [-0.39, 0.29) is 23.3 Å². The van der Waals surface area contributed by atoms with Gasteiger partial charge >= 0.3 is 11.9 Å². The molecule has 0 amide bonds. The van der Waals surface area contributed by atoms with E-state index < -0.39 is 24.0 Å². The summed E-state index contributed by atoms with van der Waals surface area (Å²) in [5.74, 6) is -0.940. The minimum Gasteiger partial charge on any atom is -0.462 e. The zero-order valence-corrected chi connectivity index (χ0v) is 16.9. The Balaban J connectivity index is 5.67. The Morgan fingerprint density at radius 2 is 0.917 bits per heavy atom. The van der Waals surface area contributed by atoms with Crippen molar-refractivity contribution in [2.45, 2.75) is 105 Å². The third-order valence-corrected chi connectivity index (χ3v) is 2.72. The van der Waals surface area contributed by atoms with E-state index in [4.69, 9.17) is 9.47 Å². The molecule has 2 unspecified atom stereocenters. The van der Waals surface area contributed by atoms with E-state index in [9.17, 15) is 9.59 Å². The van der Waals surface area contributed by atoms with E-state index >= 15 is 0 Å². The number of esters is 2. The first-order valence-corrected chi connectivity index (χ1v) is 8.59. The molecule has 0 radical (unpaired) electrons. The minimum atomic E-state index is -0.849. The Morgan fingerprint density at radius 3 is 1.08 bits per heavy atom. The summed E-state index contributed by atoms with van der Waals surface area (Å²) < 4.78 is 10.7. The van der Waals surface area contributed by atoms with Crippen LogP contribution in [0.4, 0.5) is 0 Å². The number of rotatable bonds is 7. The van der Waals surface area contributed by atoms with Gasteiger partial charge in [-0.2, -0.15) is 0 Å². The van der Waals surface area contributed by atoms with Crippen LogP contribution in [0.3, 0.4) is 0 Å². The van der Waals surface area contributed by atoms with E-state index in [1.165, 1.54) is 0 Å². The molecule has 2 N–H and O–H groups in total. The van der Waals surface area contributed by atoms with Crippen LogP contribution in [0.5, 0.6) is 0 Å². The standard InChI is InChI=1S/C18H36N2O4/c1-11(2)23-15(21)13(19-17(5,6)7)14(20-18(8,9)10)16(22)24-12(3)4/h11-14,19-20H,1-10H3. The summed E-state index contributed by atoms with van der Waals surface area (Å²) in [6.45, 7) is 18.7. The SMILES string of the molecule is CC(C)OC(=O)C(NC(C)(C)C)C(NC(C)(C)C)C(=O)OC(C)C. The molecule has 0 saturated heterocycles. The predicted molar refractivity (Wildman–Crippen MR) is 95.8 cm³/mol. The topological polar surface area (TPSA) is 76.7 Å². The van der Waals surface area contributed by atoms with E-state index in [2.05, 4.69) is 10.6 Å². The smallest absolute Gasteiger partial charge is 0.325 e. The van der Waals surface area contributed by atoms with Gasteiger partial charge in [-0.25, -0.2) is 0 Å². The Bertz CT molecular complexity index is 380. The molecule has 0 aliphatic rings. The van der Waals surface area contributed by atoms with Gasteiger partial charge in [0.1, 0.15) is 12.1 Å². The summed E-state index contributed by atoms with van der Waals surface area (Å²) in [6, 6.07) is -1.70. The molecule has 0 aliphatic carbocycles. The highest BCUT2D eigenvalue weighted by molar-refractivity contribution is 5.87. The summed E-state index contributed by atoms with van der Waals surface area (Å²) in [5, 5.41) is 6.40. The molecule has 0 aromatic carbocycles. The van der Waals surface area contributed by atoms with Crippen molar-refractivity contribution < 1.29 is 19.1 Å². The van der Waals surface area contributed by atoms with Crippen molar-refractivity contribution in [3.05, 3.63) is 0 Å². The van der Waals surface area contributed by atoms with Crippen molar-refractivity contribution in [2.24, 2.45) is 0 Å². The normalized spacial score (nSPS) is 15.3. The fraction of sp³-hybridized carbons (Fsp3) is 0.889. The highest BCUT2D eigenvalue weighted by Crippen LogP contribution is 2.13. The van der Waals surface area contributed by atoms with Gasteiger partial charge in [0, 0.05) is 11.1 Å². The van der Waals surface area contributed by atoms with E-state index in [0.717, 1.165) is 0 Å². The maximum atomic E-state index is 12.6. The van der Waals surface area contributed by atoms with Crippen molar-refractivity contribution in [3.8, 4) is 0 Å². The number of hydrogen-bond donors (Lipinski definition) is 2. The summed E-state index contributed by atoms with van der Waals surface area (Å²) in [6.07, 6.45) is -0.531. The fourth-order valence-electron chi connectivity index (χ4n) is 2.10. The van der Waals surface area contributed by atoms with Crippen LogP contribution in [0.25, 0.3) is 0 Å². The number of carbonyl (C=O) groups is 2. The van der Waals surface area contributed by atoms with Gasteiger partial charge < -0.3 is 9.47 Å². The van der Waals surface area contributed by atoms with Gasteiger partial charge in [0.05, 0.1) is 12.2 Å². The Morgan fingerprint density at radius 1 is 0.667 bits per heavy atom. The first kappa shape index (κ1) is 22.9. The zero-order chi connectivity index (χ0) is 19.3. The second-order valence-corrected chi connectivity index (χ2v) is 8.72. The number of nitrogens with one attached hydrogen (secondary N) is 2. The molecule has 0 aliphatic heterocycles. The predicted octanol–water partition coefficient (Wildman–Crippen LogP) is 2.40. The summed E-state index contributed by atoms with van der Waals surface area (Å²) in [5.41, 5.74) is -0.757. The Hall–Kier alpha value is -1.14. The highest BCUT2D eigenvalue weighted by Gasteiger charge is 2.40. The van der Waals surface area contributed by atoms with E-state index in [0.29, 0.717) is 0 Å². The largest absolute Gasteiger partial charge is 0.462 e. The second-order valence-electron chi connectivity index (χ2n) is 8.72. The second kappa shape index (κ2) is 8.81. The van der Waals surface area contributed by atoms with Crippen molar-refractivity contribution in [2.75, 3.05) is 0 Å². The van der Waals surface area contributed by atoms with Crippen LogP contribution >= 0.6 is 0 Å². The zero-order valence-electron chi connectivity index (χ0n) is 16.9. The lowest BCUT2D eigenvalue weighted by atomic mass is 9.98. The number of ether oxygens (including phenoxy) is 2. The molecule has 0 heterocycles. The molecule has 0 aromatic rings. The van der Waals surface area contributed by atoms with E-state index in [1.807, 2.05) is 41.5 Å². The highest BCUT2D eigenvalue weighted by atomic mass is 16.6. The lowest BCUT2D eigenvalue weighted by Crippen LogP contribution is -2.64. The molecule has 2 atom stereocenters. The molecular formula is C18H36N2O4. The summed E-state index contributed by atoms with van der Waals surface area (Å²) in [4.78, 5) is 25.2. The van der Waals surface area contributed by atoms with Crippen LogP contribution in [0.1, 0.15) is 69.2 Å². The van der Waals surface area contributed by atoms with Crippen molar-refractivity contribution in [1.29, 1.82) is 0 Å². The molecule has 24 heavy (non-hydrogen) atoms. The first-order chi connectivity index (χ1) is 10.6. The van der Waals surface area contributed by atoms with Gasteiger partial charge in [-0.05, 0) is 69.2 Å². The molecule has 0 spiro atoms. The van der Waals surface area contributed by atoms with Gasteiger partial charge in [0.15, 0.2) is 0 Å². The van der Waals surface area contributed by atoms with E-state index in [1.54, 1.807) is 27.7 Å². The van der Waals surface area contributed by atoms with Crippen LogP contribution in [-0.2, 0) is 19.1 Å². The lowest BCUT2D eigenvalue weighted by Gasteiger charge is -2.36. The van der Waals surface area contributed by atoms with Gasteiger partial charge in [-0.3, -0.25) is 20.2 Å². The number of hydrogen-bond acceptors (Lipinski definition) is 6. The quantitative estimate of drug-likeness (QED) is 0.691. The molecule has 0 saturated carbocycles. The average Bonchev–Trinajstić information content (AvgIpc) is 2.29. The van der Waals surface area contributed by atoms with Crippen LogP contribution in [0.2, 0.25) is 0 Å². The van der Waals surface area contributed by atoms with Gasteiger partial charge in [0.25, 0.3) is 0 Å². The number of carbonyl (C=O) groups excluding carboxylic acids is 2. The molecule has 0 aromatic heterocycles. The van der Waals surface area contributed by atoms with Gasteiger partial charge in [-0.1, -0.05) is 0 Å². The summed E-state index contributed by atoms with van der Waals surface area (Å²) >= 11 is 0. The van der Waals surface area contributed by atoms with Gasteiger partial charge in [0.2, 0.25) is 0 Å². The van der Waals surface area contributed by atoms with Crippen molar-refractivity contribution >= 4 is 11.9 Å². The molecular weight excluding hydrogens is 308 g/mol. The van der Waals surface area contributed by atoms with Crippen LogP contribution < -0.4 is 10.6 Å². The maximum Gasteiger partial charge on any atom is 0.325 e. The average molecular weight is 344 g/mol. The van der Waals surface area contributed by atoms with Gasteiger partial charge in [-0.15, -0.1) is 0 Å². The molecule has 6 heteroatoms. The Kier molecular flexibility index (Phi) is 8.39. The van der Waals surface area contributed by atoms with Crippen LogP contribution in [0.15, 0.2) is 0 Å². The third-order valence-electron chi connectivity index (χ3n) is 2.72. The molecule has 0 fully saturated rings. The van der Waals surface area contributed by atoms with Crippen LogP contribution in [0, 0.1) is 0 Å². The van der Waals surface area contributed by atoms with Crippen molar-refractivity contribution in [3.63, 3.8) is 0 Å². The molecule has 142 valence electrons. The van der Waals surface area contributed by atoms with Crippen molar-refractivity contribution in [1.82, 2.24) is 10.6 Å². The fourth-order valence-corrected chi connectivity index (χ4v) is 2.10. The minimum absolute atomic E-state index is 0.266. The lowest BCUT2D eigenvalue weighted by molar-refractivity contribution is -0.160. The summed E-state index contributed by atoms with van der Waals surface area (Å²) in [7, 11) is 0. The monoisotopic (exact) mass is 344 g/mol. The molecule has 0 bridgehead atoms. The molecule has 6 nitrogen and oxygen atoms in total.